The van der Waals surface area contributed by atoms with Crippen molar-refractivity contribution < 1.29 is 5.11 Å². The summed E-state index contributed by atoms with van der Waals surface area (Å²) in [5.41, 5.74) is 0.922. The van der Waals surface area contributed by atoms with Crippen LogP contribution in [0.2, 0.25) is 5.02 Å². The molecule has 0 aliphatic carbocycles. The first-order chi connectivity index (χ1) is 8.18. The zero-order valence-corrected chi connectivity index (χ0v) is 10.5. The van der Waals surface area contributed by atoms with Crippen LogP contribution in [0.1, 0.15) is 0 Å². The SMILES string of the molecule is CN1c2ccc(O)c(Cl)c2Sc2nccnc21. The Hall–Kier alpha value is -1.46. The first-order valence-corrected chi connectivity index (χ1v) is 6.12. The van der Waals surface area contributed by atoms with E-state index in [0.717, 1.165) is 21.4 Å². The van der Waals surface area contributed by atoms with Crippen molar-refractivity contribution in [1.82, 2.24) is 9.97 Å². The monoisotopic (exact) mass is 265 g/mol. The third-order valence-electron chi connectivity index (χ3n) is 2.58. The van der Waals surface area contributed by atoms with E-state index in [-0.39, 0.29) is 5.75 Å². The molecular formula is C11H8ClN3OS. The molecule has 0 unspecified atom stereocenters. The quantitative estimate of drug-likeness (QED) is 0.793. The second-order valence-electron chi connectivity index (χ2n) is 3.59. The predicted octanol–water partition coefficient (Wildman–Crippen LogP) is 3.07. The summed E-state index contributed by atoms with van der Waals surface area (Å²) < 4.78 is 0. The highest BCUT2D eigenvalue weighted by Gasteiger charge is 2.25. The smallest absolute Gasteiger partial charge is 0.165 e. The Kier molecular flexibility index (Phi) is 2.38. The molecule has 0 saturated heterocycles. The van der Waals surface area contributed by atoms with Gasteiger partial charge in [0.2, 0.25) is 0 Å². The minimum absolute atomic E-state index is 0.0821. The van der Waals surface area contributed by atoms with E-state index in [1.54, 1.807) is 18.5 Å². The lowest BCUT2D eigenvalue weighted by molar-refractivity contribution is 0.474. The van der Waals surface area contributed by atoms with E-state index < -0.39 is 0 Å². The van der Waals surface area contributed by atoms with Crippen molar-refractivity contribution in [2.75, 3.05) is 11.9 Å². The first kappa shape index (κ1) is 10.7. The van der Waals surface area contributed by atoms with E-state index in [9.17, 15) is 5.11 Å². The fourth-order valence-corrected chi connectivity index (χ4v) is 3.09. The summed E-state index contributed by atoms with van der Waals surface area (Å²) in [4.78, 5) is 11.3. The lowest BCUT2D eigenvalue weighted by Gasteiger charge is -2.27. The Morgan fingerprint density at radius 2 is 2.06 bits per heavy atom. The summed E-state index contributed by atoms with van der Waals surface area (Å²) in [6.07, 6.45) is 3.30. The summed E-state index contributed by atoms with van der Waals surface area (Å²) >= 11 is 7.52. The summed E-state index contributed by atoms with van der Waals surface area (Å²) in [5.74, 6) is 0.880. The molecule has 17 heavy (non-hydrogen) atoms. The van der Waals surface area contributed by atoms with Gasteiger partial charge < -0.3 is 10.0 Å². The van der Waals surface area contributed by atoms with Gasteiger partial charge in [-0.25, -0.2) is 9.97 Å². The number of rotatable bonds is 0. The van der Waals surface area contributed by atoms with E-state index in [1.807, 2.05) is 18.0 Å². The molecule has 0 amide bonds. The molecule has 1 aliphatic rings. The van der Waals surface area contributed by atoms with Gasteiger partial charge in [0.1, 0.15) is 10.8 Å². The van der Waals surface area contributed by atoms with Crippen LogP contribution in [-0.4, -0.2) is 22.1 Å². The highest BCUT2D eigenvalue weighted by Crippen LogP contribution is 2.50. The van der Waals surface area contributed by atoms with E-state index in [0.29, 0.717) is 5.02 Å². The van der Waals surface area contributed by atoms with Gasteiger partial charge in [0.15, 0.2) is 5.82 Å². The van der Waals surface area contributed by atoms with Crippen LogP contribution < -0.4 is 4.90 Å². The molecule has 0 atom stereocenters. The van der Waals surface area contributed by atoms with E-state index in [2.05, 4.69) is 9.97 Å². The molecule has 2 heterocycles. The number of hydrogen-bond acceptors (Lipinski definition) is 5. The van der Waals surface area contributed by atoms with Crippen molar-refractivity contribution in [3.8, 4) is 5.75 Å². The van der Waals surface area contributed by atoms with E-state index in [4.69, 9.17) is 11.6 Å². The molecule has 1 N–H and O–H groups in total. The summed E-state index contributed by atoms with van der Waals surface area (Å²) in [6, 6.07) is 3.40. The Morgan fingerprint density at radius 1 is 1.29 bits per heavy atom. The Morgan fingerprint density at radius 3 is 2.88 bits per heavy atom. The number of aromatic hydroxyl groups is 1. The van der Waals surface area contributed by atoms with Gasteiger partial charge in [-0.1, -0.05) is 23.4 Å². The number of aromatic nitrogens is 2. The third-order valence-corrected chi connectivity index (χ3v) is 4.17. The molecule has 0 saturated carbocycles. The van der Waals surface area contributed by atoms with Crippen LogP contribution in [0.5, 0.6) is 5.75 Å². The molecule has 1 aromatic heterocycles. The molecule has 0 bridgehead atoms. The van der Waals surface area contributed by atoms with Gasteiger partial charge in [0.05, 0.1) is 15.6 Å². The van der Waals surface area contributed by atoms with Crippen molar-refractivity contribution in [2.24, 2.45) is 0 Å². The molecule has 86 valence electrons. The molecule has 6 heteroatoms. The standard InChI is InChI=1S/C11H8ClN3OS/c1-15-6-2-3-7(16)8(12)9(6)17-11-10(15)13-4-5-14-11/h2-5,16H,1H3. The zero-order chi connectivity index (χ0) is 12.0. The molecule has 3 rings (SSSR count). The molecular weight excluding hydrogens is 258 g/mol. The number of hydrogen-bond donors (Lipinski definition) is 1. The number of phenolic OH excluding ortho intramolecular Hbond substituents is 1. The molecule has 2 aromatic rings. The van der Waals surface area contributed by atoms with Crippen molar-refractivity contribution in [2.45, 2.75) is 9.92 Å². The van der Waals surface area contributed by atoms with Crippen LogP contribution in [-0.2, 0) is 0 Å². The van der Waals surface area contributed by atoms with Gasteiger partial charge in [-0.15, -0.1) is 0 Å². The van der Waals surface area contributed by atoms with Crippen LogP contribution in [0.25, 0.3) is 0 Å². The highest BCUT2D eigenvalue weighted by molar-refractivity contribution is 7.99. The maximum absolute atomic E-state index is 9.61. The van der Waals surface area contributed by atoms with Gasteiger partial charge >= 0.3 is 0 Å². The van der Waals surface area contributed by atoms with Gasteiger partial charge in [-0.05, 0) is 12.1 Å². The average Bonchev–Trinajstić information content (AvgIpc) is 2.35. The highest BCUT2D eigenvalue weighted by atomic mass is 35.5. The lowest BCUT2D eigenvalue weighted by Crippen LogP contribution is -2.16. The average molecular weight is 266 g/mol. The molecule has 1 aromatic carbocycles. The van der Waals surface area contributed by atoms with Crippen molar-refractivity contribution >= 4 is 34.9 Å². The maximum atomic E-state index is 9.61. The van der Waals surface area contributed by atoms with E-state index in [1.165, 1.54) is 11.8 Å². The van der Waals surface area contributed by atoms with E-state index >= 15 is 0 Å². The van der Waals surface area contributed by atoms with Crippen LogP contribution in [0.4, 0.5) is 11.5 Å². The third kappa shape index (κ3) is 1.54. The summed E-state index contributed by atoms with van der Waals surface area (Å²) in [6.45, 7) is 0. The topological polar surface area (TPSA) is 49.2 Å². The Balaban J connectivity index is 2.23. The molecule has 1 aliphatic heterocycles. The van der Waals surface area contributed by atoms with Gasteiger partial charge in [0.25, 0.3) is 0 Å². The second-order valence-corrected chi connectivity index (χ2v) is 4.97. The number of benzene rings is 1. The Labute approximate surface area is 107 Å². The minimum Gasteiger partial charge on any atom is -0.506 e. The van der Waals surface area contributed by atoms with Crippen LogP contribution in [0, 0.1) is 0 Å². The number of nitrogens with zero attached hydrogens (tertiary/aromatic N) is 3. The second kappa shape index (κ2) is 3.78. The largest absolute Gasteiger partial charge is 0.506 e. The zero-order valence-electron chi connectivity index (χ0n) is 8.88. The predicted molar refractivity (Wildman–Crippen MR) is 67.3 cm³/mol. The van der Waals surface area contributed by atoms with Crippen LogP contribution >= 0.6 is 23.4 Å². The van der Waals surface area contributed by atoms with Crippen LogP contribution in [0.3, 0.4) is 0 Å². The summed E-state index contributed by atoms with van der Waals surface area (Å²) in [7, 11) is 1.90. The Bertz CT molecular complexity index is 605. The molecule has 0 radical (unpaired) electrons. The molecule has 0 spiro atoms. The minimum atomic E-state index is 0.0821. The normalized spacial score (nSPS) is 13.2. The summed E-state index contributed by atoms with van der Waals surface area (Å²) in [5, 5.41) is 10.8. The molecule has 4 nitrogen and oxygen atoms in total. The van der Waals surface area contributed by atoms with Gasteiger partial charge in [-0.2, -0.15) is 0 Å². The van der Waals surface area contributed by atoms with Crippen molar-refractivity contribution in [1.29, 1.82) is 0 Å². The van der Waals surface area contributed by atoms with Crippen molar-refractivity contribution in [3.05, 3.63) is 29.5 Å². The fourth-order valence-electron chi connectivity index (χ4n) is 1.73. The molecule has 0 fully saturated rings. The number of phenols is 1. The number of anilines is 2. The first-order valence-electron chi connectivity index (χ1n) is 4.92. The van der Waals surface area contributed by atoms with Gasteiger partial charge in [-0.3, -0.25) is 0 Å². The van der Waals surface area contributed by atoms with Crippen LogP contribution in [0.15, 0.2) is 34.4 Å². The maximum Gasteiger partial charge on any atom is 0.165 e. The van der Waals surface area contributed by atoms with Gasteiger partial charge in [0, 0.05) is 19.4 Å². The number of halogens is 1. The van der Waals surface area contributed by atoms with Crippen molar-refractivity contribution in [3.63, 3.8) is 0 Å². The number of fused-ring (bicyclic) bond motifs is 2. The fraction of sp³-hybridized carbons (Fsp3) is 0.0909. The lowest BCUT2D eigenvalue weighted by atomic mass is 10.2.